The Bertz CT molecular complexity index is 1610. The molecule has 38 heavy (non-hydrogen) atoms. The number of nitrogens with zero attached hydrogens (tertiary/aromatic N) is 6. The fraction of sp³-hybridized carbons (Fsp3) is 0.269. The minimum atomic E-state index is -0.669. The number of rotatable bonds is 6. The van der Waals surface area contributed by atoms with Crippen LogP contribution >= 0.6 is 23.2 Å². The number of aryl methyl sites for hydroxylation is 1. The van der Waals surface area contributed by atoms with Crippen molar-refractivity contribution in [1.29, 1.82) is 0 Å². The van der Waals surface area contributed by atoms with Gasteiger partial charge < -0.3 is 14.0 Å². The van der Waals surface area contributed by atoms with Gasteiger partial charge in [0.15, 0.2) is 5.69 Å². The molecule has 0 spiro atoms. The molecule has 1 amide bonds. The lowest BCUT2D eigenvalue weighted by molar-refractivity contribution is 0.0988. The van der Waals surface area contributed by atoms with Gasteiger partial charge in [-0.05, 0) is 29.7 Å². The Morgan fingerprint density at radius 1 is 1.00 bits per heavy atom. The van der Waals surface area contributed by atoms with Crippen molar-refractivity contribution < 1.29 is 14.3 Å². The average Bonchev–Trinajstić information content (AvgIpc) is 3.41. The predicted octanol–water partition coefficient (Wildman–Crippen LogP) is 4.56. The van der Waals surface area contributed by atoms with Crippen LogP contribution in [0.2, 0.25) is 10.0 Å². The van der Waals surface area contributed by atoms with E-state index in [0.717, 1.165) is 11.3 Å². The summed E-state index contributed by atoms with van der Waals surface area (Å²) in [5.74, 6) is -0.299. The minimum Gasteiger partial charge on any atom is -0.479 e. The lowest BCUT2D eigenvalue weighted by Crippen LogP contribution is -2.35. The standard InChI is InChI=1S/C26H24Cl2N6O4/c1-13(2)21-19-20(31-34(21)18-11-29-26(38-5)30-23(18)37-4)25(36)33(17-10-16(28)12-32(3)24(17)35)22(19)14-6-8-15(27)9-7-14/h6-13,22H,1-5H3. The van der Waals surface area contributed by atoms with Crippen LogP contribution in [0.4, 0.5) is 5.69 Å². The third-order valence-corrected chi connectivity index (χ3v) is 6.81. The monoisotopic (exact) mass is 554 g/mol. The number of halogens is 2. The highest BCUT2D eigenvalue weighted by Crippen LogP contribution is 2.45. The Labute approximate surface area is 228 Å². The molecule has 0 fully saturated rings. The number of fused-ring (bicyclic) bond motifs is 1. The molecule has 0 saturated carbocycles. The van der Waals surface area contributed by atoms with E-state index in [9.17, 15) is 9.59 Å². The maximum Gasteiger partial charge on any atom is 0.319 e. The molecule has 10 nitrogen and oxygen atoms in total. The average molecular weight is 555 g/mol. The molecule has 0 N–H and O–H groups in total. The zero-order valence-corrected chi connectivity index (χ0v) is 22.8. The van der Waals surface area contributed by atoms with Crippen LogP contribution in [0, 0.1) is 0 Å². The Hall–Kier alpha value is -3.89. The summed E-state index contributed by atoms with van der Waals surface area (Å²) in [5.41, 5.74) is 2.58. The van der Waals surface area contributed by atoms with Crippen LogP contribution < -0.4 is 19.9 Å². The number of hydrogen-bond donors (Lipinski definition) is 0. The number of amides is 1. The molecule has 1 unspecified atom stereocenters. The molecule has 0 radical (unpaired) electrons. The number of methoxy groups -OCH3 is 2. The number of hydrogen-bond acceptors (Lipinski definition) is 7. The van der Waals surface area contributed by atoms with Gasteiger partial charge in [-0.25, -0.2) is 9.67 Å². The van der Waals surface area contributed by atoms with Crippen molar-refractivity contribution in [2.24, 2.45) is 7.05 Å². The molecule has 4 aromatic rings. The summed E-state index contributed by atoms with van der Waals surface area (Å²) in [6.45, 7) is 3.99. The SMILES string of the molecule is COc1ncc(-n2nc3c(c2C(C)C)C(c2ccc(Cl)cc2)N(c2cc(Cl)cn(C)c2=O)C3=O)c(OC)n1. The van der Waals surface area contributed by atoms with Gasteiger partial charge in [0, 0.05) is 23.8 Å². The summed E-state index contributed by atoms with van der Waals surface area (Å²) in [4.78, 5) is 37.2. The van der Waals surface area contributed by atoms with E-state index in [2.05, 4.69) is 9.97 Å². The summed E-state index contributed by atoms with van der Waals surface area (Å²) < 4.78 is 13.6. The largest absolute Gasteiger partial charge is 0.479 e. The second-order valence-electron chi connectivity index (χ2n) is 9.05. The van der Waals surface area contributed by atoms with Gasteiger partial charge in [-0.2, -0.15) is 10.1 Å². The maximum absolute atomic E-state index is 14.0. The van der Waals surface area contributed by atoms with Gasteiger partial charge in [-0.3, -0.25) is 14.5 Å². The molecule has 1 aliphatic rings. The fourth-order valence-corrected chi connectivity index (χ4v) is 5.12. The van der Waals surface area contributed by atoms with Crippen LogP contribution in [0.1, 0.15) is 53.1 Å². The molecule has 1 aliphatic heterocycles. The summed E-state index contributed by atoms with van der Waals surface area (Å²) in [7, 11) is 4.53. The zero-order chi connectivity index (χ0) is 27.3. The normalized spacial score (nSPS) is 14.8. The molecule has 0 bridgehead atoms. The summed E-state index contributed by atoms with van der Waals surface area (Å²) in [5, 5.41) is 5.60. The summed E-state index contributed by atoms with van der Waals surface area (Å²) in [6.07, 6.45) is 3.03. The lowest BCUT2D eigenvalue weighted by Gasteiger charge is -2.27. The Kier molecular flexibility index (Phi) is 6.62. The predicted molar refractivity (Wildman–Crippen MR) is 143 cm³/mol. The van der Waals surface area contributed by atoms with E-state index in [4.69, 9.17) is 37.8 Å². The van der Waals surface area contributed by atoms with E-state index in [0.29, 0.717) is 21.3 Å². The van der Waals surface area contributed by atoms with Gasteiger partial charge in [0.25, 0.3) is 11.5 Å². The number of ether oxygens (including phenoxy) is 2. The minimum absolute atomic E-state index is 0.0946. The van der Waals surface area contributed by atoms with Crippen molar-refractivity contribution in [3.8, 4) is 17.6 Å². The van der Waals surface area contributed by atoms with Crippen LogP contribution in [0.5, 0.6) is 11.9 Å². The third-order valence-electron chi connectivity index (χ3n) is 6.35. The Morgan fingerprint density at radius 3 is 2.34 bits per heavy atom. The van der Waals surface area contributed by atoms with Crippen molar-refractivity contribution in [2.45, 2.75) is 25.8 Å². The van der Waals surface area contributed by atoms with E-state index < -0.39 is 11.9 Å². The molecule has 1 aromatic carbocycles. The number of anilines is 1. The van der Waals surface area contributed by atoms with Crippen molar-refractivity contribution in [1.82, 2.24) is 24.3 Å². The first-order valence-corrected chi connectivity index (χ1v) is 12.4. The smallest absolute Gasteiger partial charge is 0.319 e. The van der Waals surface area contributed by atoms with Gasteiger partial charge in [0.1, 0.15) is 11.4 Å². The molecule has 196 valence electrons. The highest BCUT2D eigenvalue weighted by atomic mass is 35.5. The number of pyridine rings is 1. The van der Waals surface area contributed by atoms with Crippen LogP contribution in [-0.2, 0) is 7.05 Å². The van der Waals surface area contributed by atoms with E-state index in [1.54, 1.807) is 23.9 Å². The quantitative estimate of drug-likeness (QED) is 0.344. The third kappa shape index (κ3) is 4.10. The summed E-state index contributed by atoms with van der Waals surface area (Å²) >= 11 is 12.5. The number of carbonyl (C=O) groups excluding carboxylic acids is 1. The molecule has 3 aromatic heterocycles. The summed E-state index contributed by atoms with van der Waals surface area (Å²) in [6, 6.07) is 8.11. The van der Waals surface area contributed by atoms with Gasteiger partial charge in [0.2, 0.25) is 5.88 Å². The molecule has 12 heteroatoms. The molecular formula is C26H24Cl2N6O4. The molecule has 5 rings (SSSR count). The van der Waals surface area contributed by atoms with E-state index in [-0.39, 0.29) is 34.7 Å². The number of benzene rings is 1. The van der Waals surface area contributed by atoms with Crippen LogP contribution in [-0.4, -0.2) is 44.4 Å². The van der Waals surface area contributed by atoms with Crippen LogP contribution in [0.25, 0.3) is 5.69 Å². The van der Waals surface area contributed by atoms with E-state index in [1.807, 2.05) is 26.0 Å². The fourth-order valence-electron chi connectivity index (χ4n) is 4.74. The maximum atomic E-state index is 14.0. The van der Waals surface area contributed by atoms with Crippen LogP contribution in [0.15, 0.2) is 47.5 Å². The first kappa shape index (κ1) is 25.7. The van der Waals surface area contributed by atoms with Crippen molar-refractivity contribution >= 4 is 34.8 Å². The lowest BCUT2D eigenvalue weighted by atomic mass is 9.94. The second-order valence-corrected chi connectivity index (χ2v) is 9.93. The van der Waals surface area contributed by atoms with Gasteiger partial charge in [0.05, 0.1) is 37.2 Å². The van der Waals surface area contributed by atoms with Crippen molar-refractivity contribution in [3.05, 3.63) is 85.6 Å². The second kappa shape index (κ2) is 9.77. The Balaban J connectivity index is 1.81. The number of carbonyl (C=O) groups is 1. The Morgan fingerprint density at radius 2 is 1.71 bits per heavy atom. The van der Waals surface area contributed by atoms with Crippen molar-refractivity contribution in [2.75, 3.05) is 19.1 Å². The van der Waals surface area contributed by atoms with Crippen LogP contribution in [0.3, 0.4) is 0 Å². The van der Waals surface area contributed by atoms with Gasteiger partial charge in [-0.1, -0.05) is 49.2 Å². The first-order valence-electron chi connectivity index (χ1n) is 11.7. The molecular weight excluding hydrogens is 531 g/mol. The van der Waals surface area contributed by atoms with Gasteiger partial charge >= 0.3 is 6.01 Å². The molecule has 0 saturated heterocycles. The molecule has 4 heterocycles. The van der Waals surface area contributed by atoms with E-state index in [1.165, 1.54) is 42.1 Å². The van der Waals surface area contributed by atoms with E-state index >= 15 is 0 Å². The first-order chi connectivity index (χ1) is 18.2. The topological polar surface area (TPSA) is 104 Å². The highest BCUT2D eigenvalue weighted by Gasteiger charge is 2.46. The number of aromatic nitrogens is 5. The highest BCUT2D eigenvalue weighted by molar-refractivity contribution is 6.31. The molecule has 1 atom stereocenters. The zero-order valence-electron chi connectivity index (χ0n) is 21.3. The molecule has 0 aliphatic carbocycles. The van der Waals surface area contributed by atoms with Crippen molar-refractivity contribution in [3.63, 3.8) is 0 Å². The van der Waals surface area contributed by atoms with Gasteiger partial charge in [-0.15, -0.1) is 0 Å².